The summed E-state index contributed by atoms with van der Waals surface area (Å²) < 4.78 is 0. The predicted molar refractivity (Wildman–Crippen MR) is 126 cm³/mol. The fourth-order valence-corrected chi connectivity index (χ4v) is 4.86. The van der Waals surface area contributed by atoms with Crippen molar-refractivity contribution < 1.29 is 10.2 Å². The molecule has 158 valence electrons. The highest BCUT2D eigenvalue weighted by Gasteiger charge is 2.21. The van der Waals surface area contributed by atoms with Crippen LogP contribution in [0, 0.1) is 0 Å². The molecule has 3 rings (SSSR count). The number of aromatic hydroxyl groups is 2. The summed E-state index contributed by atoms with van der Waals surface area (Å²) in [6.07, 6.45) is 5.91. The van der Waals surface area contributed by atoms with Crippen molar-refractivity contribution >= 4 is 0 Å². The number of hydrogen-bond acceptors (Lipinski definition) is 2. The smallest absolute Gasteiger partial charge is 0.115 e. The molecule has 0 atom stereocenters. The Kier molecular flexibility index (Phi) is 7.20. The van der Waals surface area contributed by atoms with E-state index in [0.717, 1.165) is 38.5 Å². The van der Waals surface area contributed by atoms with Gasteiger partial charge in [-0.3, -0.25) is 0 Å². The van der Waals surface area contributed by atoms with Crippen molar-refractivity contribution in [2.24, 2.45) is 0 Å². The van der Waals surface area contributed by atoms with Crippen molar-refractivity contribution in [2.75, 3.05) is 0 Å². The van der Waals surface area contributed by atoms with E-state index in [1.165, 1.54) is 44.5 Å². The van der Waals surface area contributed by atoms with Crippen LogP contribution in [0.1, 0.15) is 72.2 Å². The molecule has 0 saturated carbocycles. The first-order chi connectivity index (χ1) is 14.5. The van der Waals surface area contributed by atoms with Crippen molar-refractivity contribution in [1.29, 1.82) is 0 Å². The molecule has 0 radical (unpaired) electrons. The van der Waals surface area contributed by atoms with Gasteiger partial charge in [0.05, 0.1) is 0 Å². The number of phenolic OH excluding ortho intramolecular Hbond substituents is 2. The lowest BCUT2D eigenvalue weighted by molar-refractivity contribution is 0.474. The monoisotopic (exact) mass is 402 g/mol. The Morgan fingerprint density at radius 2 is 0.700 bits per heavy atom. The molecule has 0 unspecified atom stereocenters. The SMILES string of the molecule is CCc1c(CC)c(CC)c(Cc2ccc(O)cc2)c(Cc2ccc(O)cc2)c1CC. The van der Waals surface area contributed by atoms with Gasteiger partial charge in [-0.2, -0.15) is 0 Å². The van der Waals surface area contributed by atoms with Gasteiger partial charge < -0.3 is 10.2 Å². The van der Waals surface area contributed by atoms with Gasteiger partial charge in [0, 0.05) is 0 Å². The summed E-state index contributed by atoms with van der Waals surface area (Å²) in [5.41, 5.74) is 11.4. The average molecular weight is 403 g/mol. The van der Waals surface area contributed by atoms with Crippen molar-refractivity contribution in [1.82, 2.24) is 0 Å². The molecule has 0 bridgehead atoms. The van der Waals surface area contributed by atoms with Gasteiger partial charge >= 0.3 is 0 Å². The van der Waals surface area contributed by atoms with Gasteiger partial charge in [-0.1, -0.05) is 52.0 Å². The highest BCUT2D eigenvalue weighted by atomic mass is 16.3. The highest BCUT2D eigenvalue weighted by Crippen LogP contribution is 2.34. The van der Waals surface area contributed by atoms with Gasteiger partial charge in [-0.05, 0) is 107 Å². The largest absolute Gasteiger partial charge is 0.508 e. The number of benzene rings is 3. The van der Waals surface area contributed by atoms with Crippen LogP contribution in [-0.4, -0.2) is 10.2 Å². The molecular formula is C28H34O2. The normalized spacial score (nSPS) is 11.1. The second kappa shape index (κ2) is 9.84. The molecule has 0 aliphatic carbocycles. The molecule has 0 aliphatic rings. The molecule has 3 aromatic carbocycles. The molecule has 0 aromatic heterocycles. The fraction of sp³-hybridized carbons (Fsp3) is 0.357. The van der Waals surface area contributed by atoms with Crippen LogP contribution in [0.5, 0.6) is 11.5 Å². The summed E-state index contributed by atoms with van der Waals surface area (Å²) in [6, 6.07) is 15.2. The average Bonchev–Trinajstić information content (AvgIpc) is 2.76. The highest BCUT2D eigenvalue weighted by molar-refractivity contribution is 5.55. The van der Waals surface area contributed by atoms with E-state index in [9.17, 15) is 10.2 Å². The zero-order chi connectivity index (χ0) is 21.7. The van der Waals surface area contributed by atoms with Gasteiger partial charge in [0.25, 0.3) is 0 Å². The van der Waals surface area contributed by atoms with Crippen LogP contribution in [0.4, 0.5) is 0 Å². The van der Waals surface area contributed by atoms with E-state index in [-0.39, 0.29) is 0 Å². The third-order valence-electron chi connectivity index (χ3n) is 6.23. The standard InChI is InChI=1S/C28H34O2/c1-5-23-24(6-2)26(8-4)28(18-20-11-15-22(30)16-12-20)27(25(23)7-3)17-19-9-13-21(29)14-10-19/h9-16,29-30H,5-8,17-18H2,1-4H3. The Balaban J connectivity index is 2.23. The quantitative estimate of drug-likeness (QED) is 0.450. The molecule has 0 heterocycles. The van der Waals surface area contributed by atoms with Gasteiger partial charge in [0.2, 0.25) is 0 Å². The maximum absolute atomic E-state index is 9.71. The minimum Gasteiger partial charge on any atom is -0.508 e. The fourth-order valence-electron chi connectivity index (χ4n) is 4.86. The summed E-state index contributed by atoms with van der Waals surface area (Å²) in [5, 5.41) is 19.4. The summed E-state index contributed by atoms with van der Waals surface area (Å²) in [5.74, 6) is 0.618. The minimum atomic E-state index is 0.309. The van der Waals surface area contributed by atoms with E-state index in [1.807, 2.05) is 24.3 Å². The second-order valence-corrected chi connectivity index (χ2v) is 7.97. The molecule has 3 aromatic rings. The van der Waals surface area contributed by atoms with Crippen LogP contribution in [0.2, 0.25) is 0 Å². The summed E-state index contributed by atoms with van der Waals surface area (Å²) >= 11 is 0. The van der Waals surface area contributed by atoms with Gasteiger partial charge in [0.1, 0.15) is 11.5 Å². The van der Waals surface area contributed by atoms with Crippen LogP contribution in [0.15, 0.2) is 48.5 Å². The van der Waals surface area contributed by atoms with Crippen molar-refractivity contribution in [2.45, 2.75) is 66.2 Å². The topological polar surface area (TPSA) is 40.5 Å². The van der Waals surface area contributed by atoms with Gasteiger partial charge in [-0.25, -0.2) is 0 Å². The van der Waals surface area contributed by atoms with Crippen LogP contribution in [-0.2, 0) is 38.5 Å². The summed E-state index contributed by atoms with van der Waals surface area (Å²) in [7, 11) is 0. The Bertz CT molecular complexity index is 900. The van der Waals surface area contributed by atoms with Crippen molar-refractivity contribution in [3.8, 4) is 11.5 Å². The van der Waals surface area contributed by atoms with Crippen molar-refractivity contribution in [3.63, 3.8) is 0 Å². The molecule has 2 N–H and O–H groups in total. The number of rotatable bonds is 8. The maximum Gasteiger partial charge on any atom is 0.115 e. The molecule has 0 amide bonds. The van der Waals surface area contributed by atoms with Crippen LogP contribution in [0.3, 0.4) is 0 Å². The van der Waals surface area contributed by atoms with E-state index in [2.05, 4.69) is 27.7 Å². The molecular weight excluding hydrogens is 368 g/mol. The molecule has 2 nitrogen and oxygen atoms in total. The van der Waals surface area contributed by atoms with Crippen LogP contribution < -0.4 is 0 Å². The zero-order valence-electron chi connectivity index (χ0n) is 18.8. The third kappa shape index (κ3) is 4.53. The summed E-state index contributed by atoms with van der Waals surface area (Å²) in [6.45, 7) is 9.09. The Labute approximate surface area is 181 Å². The lowest BCUT2D eigenvalue weighted by atomic mass is 9.79. The van der Waals surface area contributed by atoms with E-state index in [4.69, 9.17) is 0 Å². The molecule has 2 heteroatoms. The molecule has 0 fully saturated rings. The third-order valence-corrected chi connectivity index (χ3v) is 6.23. The van der Waals surface area contributed by atoms with Gasteiger partial charge in [-0.15, -0.1) is 0 Å². The lowest BCUT2D eigenvalue weighted by Crippen LogP contribution is -2.13. The van der Waals surface area contributed by atoms with E-state index in [0.29, 0.717) is 11.5 Å². The molecule has 0 saturated heterocycles. The first-order valence-electron chi connectivity index (χ1n) is 11.2. The number of phenols is 2. The minimum absolute atomic E-state index is 0.309. The zero-order valence-corrected chi connectivity index (χ0v) is 18.8. The Morgan fingerprint density at radius 3 is 0.967 bits per heavy atom. The predicted octanol–water partition coefficient (Wildman–Crippen LogP) is 6.53. The Hall–Kier alpha value is -2.74. The lowest BCUT2D eigenvalue weighted by Gasteiger charge is -2.26. The molecule has 0 spiro atoms. The molecule has 30 heavy (non-hydrogen) atoms. The van der Waals surface area contributed by atoms with E-state index in [1.54, 1.807) is 24.3 Å². The molecule has 0 aliphatic heterocycles. The van der Waals surface area contributed by atoms with Crippen LogP contribution in [0.25, 0.3) is 0 Å². The summed E-state index contributed by atoms with van der Waals surface area (Å²) in [4.78, 5) is 0. The van der Waals surface area contributed by atoms with Gasteiger partial charge in [0.15, 0.2) is 0 Å². The van der Waals surface area contributed by atoms with E-state index < -0.39 is 0 Å². The Morgan fingerprint density at radius 1 is 0.433 bits per heavy atom. The number of hydrogen-bond donors (Lipinski definition) is 2. The van der Waals surface area contributed by atoms with Crippen molar-refractivity contribution in [3.05, 3.63) is 93.0 Å². The first-order valence-corrected chi connectivity index (χ1v) is 11.2. The first kappa shape index (κ1) is 22.0. The van der Waals surface area contributed by atoms with Crippen LogP contribution >= 0.6 is 0 Å². The second-order valence-electron chi connectivity index (χ2n) is 7.97. The van der Waals surface area contributed by atoms with E-state index >= 15 is 0 Å². The maximum atomic E-state index is 9.71.